The Balaban J connectivity index is 1.17. The van der Waals surface area contributed by atoms with Gasteiger partial charge in [0.15, 0.2) is 0 Å². The monoisotopic (exact) mass is 734 g/mol. The second-order valence-corrected chi connectivity index (χ2v) is 13.8. The molecule has 0 saturated carbocycles. The van der Waals surface area contributed by atoms with Gasteiger partial charge in [-0.25, -0.2) is 19.6 Å². The number of methoxy groups -OCH3 is 2. The fraction of sp³-hybridized carbons (Fsp3) is 0.450. The van der Waals surface area contributed by atoms with E-state index in [4.69, 9.17) is 9.47 Å². The van der Waals surface area contributed by atoms with E-state index in [0.717, 1.165) is 36.8 Å². The van der Waals surface area contributed by atoms with Crippen LogP contribution in [0.4, 0.5) is 9.59 Å². The molecule has 3 aromatic rings. The highest BCUT2D eigenvalue weighted by Crippen LogP contribution is 2.32. The minimum Gasteiger partial charge on any atom is -0.453 e. The normalized spacial score (nSPS) is 17.3. The van der Waals surface area contributed by atoms with Crippen LogP contribution in [0.5, 0.6) is 0 Å². The molecular formula is C40H46N8O6. The Morgan fingerprint density at radius 3 is 1.56 bits per heavy atom. The number of H-pyrrole nitrogens is 2. The van der Waals surface area contributed by atoms with Crippen LogP contribution in [-0.4, -0.2) is 93.1 Å². The standard InChI is InChI=1S/C40H46N8O6/c1-25(2)33(45-39(51)53-5)37(49)47-21-9-13-31(47)35-41-23-29(43-35)12-8-7-11-27-15-17-28(18-16-27)19-20-30-24-42-36(44-30)32-14-10-22-48(32)38(50)34(26(3)4)46-40(52)54-6/h15-18,23-26,31-34H,9-10,13-14,21-22H2,1-6H3,(H,41,43)(H,42,44)(H,45,51)(H,46,52)/t31-,32-,33-,34-/m0/s1. The molecule has 4 N–H and O–H groups in total. The summed E-state index contributed by atoms with van der Waals surface area (Å²) in [5.41, 5.74) is 2.78. The van der Waals surface area contributed by atoms with Crippen LogP contribution < -0.4 is 10.6 Å². The van der Waals surface area contributed by atoms with Crippen molar-refractivity contribution in [3.05, 3.63) is 70.8 Å². The SMILES string of the molecule is COC(=O)N[C@H](C(=O)N1CCC[C@H]1c1ncc(C#CC#Cc2ccc(C#Cc3cnc([C@@H]4CCCN4C(=O)[C@@H](NC(=O)OC)C(C)C)[nH]3)cc2)[nH]1)C(C)C. The average molecular weight is 735 g/mol. The molecular weight excluding hydrogens is 688 g/mol. The molecule has 1 aromatic carbocycles. The highest BCUT2D eigenvalue weighted by atomic mass is 16.5. The van der Waals surface area contributed by atoms with Gasteiger partial charge in [-0.05, 0) is 85.5 Å². The Hall–Kier alpha value is -6.20. The quantitative estimate of drug-likeness (QED) is 0.251. The summed E-state index contributed by atoms with van der Waals surface area (Å²) in [5, 5.41) is 5.32. The third-order valence-electron chi connectivity index (χ3n) is 9.37. The third kappa shape index (κ3) is 9.61. The molecule has 2 saturated heterocycles. The lowest BCUT2D eigenvalue weighted by Crippen LogP contribution is -2.51. The molecule has 2 aromatic heterocycles. The van der Waals surface area contributed by atoms with Gasteiger partial charge in [-0.2, -0.15) is 0 Å². The van der Waals surface area contributed by atoms with Gasteiger partial charge in [0.2, 0.25) is 11.8 Å². The molecule has 14 nitrogen and oxygen atoms in total. The van der Waals surface area contributed by atoms with Gasteiger partial charge in [0, 0.05) is 24.2 Å². The molecule has 0 radical (unpaired) electrons. The number of imidazole rings is 2. The number of ether oxygens (including phenoxy) is 2. The van der Waals surface area contributed by atoms with E-state index in [0.29, 0.717) is 36.1 Å². The van der Waals surface area contributed by atoms with Crippen LogP contribution in [0.1, 0.15) is 99.6 Å². The van der Waals surface area contributed by atoms with E-state index in [2.05, 4.69) is 66.1 Å². The lowest BCUT2D eigenvalue weighted by Gasteiger charge is -2.29. The zero-order valence-corrected chi connectivity index (χ0v) is 31.4. The summed E-state index contributed by atoms with van der Waals surface area (Å²) < 4.78 is 9.43. The summed E-state index contributed by atoms with van der Waals surface area (Å²) in [4.78, 5) is 69.5. The number of aromatic nitrogens is 4. The van der Waals surface area contributed by atoms with Crippen LogP contribution in [-0.2, 0) is 19.1 Å². The van der Waals surface area contributed by atoms with E-state index in [1.165, 1.54) is 14.2 Å². The molecule has 282 valence electrons. The van der Waals surface area contributed by atoms with Crippen molar-refractivity contribution >= 4 is 24.0 Å². The van der Waals surface area contributed by atoms with Crippen molar-refractivity contribution in [1.82, 2.24) is 40.4 Å². The first kappa shape index (κ1) is 39.0. The zero-order chi connectivity index (χ0) is 38.8. The Morgan fingerprint density at radius 2 is 1.11 bits per heavy atom. The number of aromatic amines is 2. The summed E-state index contributed by atoms with van der Waals surface area (Å²) in [5.74, 6) is 18.7. The molecule has 54 heavy (non-hydrogen) atoms. The first-order valence-electron chi connectivity index (χ1n) is 18.0. The summed E-state index contributed by atoms with van der Waals surface area (Å²) in [6.45, 7) is 8.66. The molecule has 4 amide bonds. The maximum Gasteiger partial charge on any atom is 0.407 e. The predicted molar refractivity (Wildman–Crippen MR) is 199 cm³/mol. The smallest absolute Gasteiger partial charge is 0.407 e. The van der Waals surface area contributed by atoms with Gasteiger partial charge in [0.25, 0.3) is 0 Å². The maximum atomic E-state index is 13.4. The van der Waals surface area contributed by atoms with Crippen LogP contribution in [0.3, 0.4) is 0 Å². The van der Waals surface area contributed by atoms with Gasteiger partial charge in [-0.3, -0.25) is 9.59 Å². The largest absolute Gasteiger partial charge is 0.453 e. The summed E-state index contributed by atoms with van der Waals surface area (Å²) >= 11 is 0. The van der Waals surface area contributed by atoms with Crippen LogP contribution in [0.25, 0.3) is 0 Å². The molecule has 2 aliphatic rings. The number of rotatable bonds is 8. The van der Waals surface area contributed by atoms with E-state index in [9.17, 15) is 19.2 Å². The van der Waals surface area contributed by atoms with E-state index < -0.39 is 24.3 Å². The maximum absolute atomic E-state index is 13.4. The van der Waals surface area contributed by atoms with Crippen LogP contribution in [0, 0.1) is 47.4 Å². The first-order chi connectivity index (χ1) is 26.0. The number of benzene rings is 1. The second-order valence-electron chi connectivity index (χ2n) is 13.8. The molecule has 2 fully saturated rings. The van der Waals surface area contributed by atoms with Crippen molar-refractivity contribution in [3.63, 3.8) is 0 Å². The number of nitrogens with one attached hydrogen (secondary N) is 4. The van der Waals surface area contributed by atoms with Crippen LogP contribution >= 0.6 is 0 Å². The summed E-state index contributed by atoms with van der Waals surface area (Å²) in [7, 11) is 2.55. The number of carbonyl (C=O) groups is 4. The van der Waals surface area contributed by atoms with Crippen LogP contribution in [0.2, 0.25) is 0 Å². The number of alkyl carbamates (subject to hydrolysis) is 2. The molecule has 0 spiro atoms. The molecule has 0 unspecified atom stereocenters. The first-order valence-corrected chi connectivity index (χ1v) is 18.0. The lowest BCUT2D eigenvalue weighted by atomic mass is 10.0. The second kappa shape index (κ2) is 18.0. The van der Waals surface area contributed by atoms with Crippen molar-refractivity contribution in [1.29, 1.82) is 0 Å². The topological polar surface area (TPSA) is 175 Å². The fourth-order valence-electron chi connectivity index (χ4n) is 6.50. The van der Waals surface area contributed by atoms with Crippen molar-refractivity contribution in [2.45, 2.75) is 77.5 Å². The van der Waals surface area contributed by atoms with Crippen molar-refractivity contribution in [2.75, 3.05) is 27.3 Å². The molecule has 2 aliphatic heterocycles. The molecule has 0 bridgehead atoms. The van der Waals surface area contributed by atoms with E-state index in [-0.39, 0.29) is 35.7 Å². The molecule has 4 heterocycles. The summed E-state index contributed by atoms with van der Waals surface area (Å²) in [6.07, 6.45) is 5.16. The number of carbonyl (C=O) groups excluding carboxylic acids is 4. The van der Waals surface area contributed by atoms with Crippen LogP contribution in [0.15, 0.2) is 36.7 Å². The van der Waals surface area contributed by atoms with E-state index in [1.807, 2.05) is 52.0 Å². The number of hydrogen-bond acceptors (Lipinski definition) is 8. The highest BCUT2D eigenvalue weighted by Gasteiger charge is 2.38. The van der Waals surface area contributed by atoms with Gasteiger partial charge < -0.3 is 39.9 Å². The van der Waals surface area contributed by atoms with Gasteiger partial charge in [0.1, 0.15) is 35.1 Å². The Bertz CT molecular complexity index is 2020. The Labute approximate surface area is 315 Å². The summed E-state index contributed by atoms with van der Waals surface area (Å²) in [6, 6.07) is 5.60. The molecule has 4 atom stereocenters. The van der Waals surface area contributed by atoms with E-state index >= 15 is 0 Å². The van der Waals surface area contributed by atoms with Gasteiger partial charge in [-0.15, -0.1) is 0 Å². The molecule has 14 heteroatoms. The molecule has 5 rings (SSSR count). The van der Waals surface area contributed by atoms with Gasteiger partial charge >= 0.3 is 12.2 Å². The number of nitrogens with zero attached hydrogens (tertiary/aromatic N) is 4. The van der Waals surface area contributed by atoms with Crippen molar-refractivity contribution < 1.29 is 28.7 Å². The van der Waals surface area contributed by atoms with Gasteiger partial charge in [-0.1, -0.05) is 39.5 Å². The molecule has 0 aliphatic carbocycles. The Morgan fingerprint density at radius 1 is 0.685 bits per heavy atom. The van der Waals surface area contributed by atoms with Crippen molar-refractivity contribution in [3.8, 4) is 35.5 Å². The van der Waals surface area contributed by atoms with Crippen molar-refractivity contribution in [2.24, 2.45) is 11.8 Å². The number of hydrogen-bond donors (Lipinski definition) is 4. The minimum atomic E-state index is -0.704. The third-order valence-corrected chi connectivity index (χ3v) is 9.37. The fourth-order valence-corrected chi connectivity index (χ4v) is 6.50. The predicted octanol–water partition coefficient (Wildman–Crippen LogP) is 4.02. The van der Waals surface area contributed by atoms with E-state index in [1.54, 1.807) is 22.2 Å². The lowest BCUT2D eigenvalue weighted by molar-refractivity contribution is -0.136. The number of likely N-dealkylation sites (tertiary alicyclic amines) is 2. The zero-order valence-electron chi connectivity index (χ0n) is 31.4. The average Bonchev–Trinajstić information content (AvgIpc) is 4.00. The number of amides is 4. The Kier molecular flexibility index (Phi) is 13.0. The highest BCUT2D eigenvalue weighted by molar-refractivity contribution is 5.87. The van der Waals surface area contributed by atoms with Gasteiger partial charge in [0.05, 0.1) is 38.7 Å². The minimum absolute atomic E-state index is 0.116.